The Labute approximate surface area is 164 Å². The fourth-order valence-corrected chi connectivity index (χ4v) is 5.40. The molecule has 2 amide bonds. The summed E-state index contributed by atoms with van der Waals surface area (Å²) in [6.45, 7) is 7.05. The molecular formula is C21H28FN3O3. The highest BCUT2D eigenvalue weighted by atomic mass is 19.1. The van der Waals surface area contributed by atoms with Crippen LogP contribution in [0.4, 0.5) is 4.39 Å². The van der Waals surface area contributed by atoms with Crippen molar-refractivity contribution in [2.24, 2.45) is 17.8 Å². The number of hydrogen-bond acceptors (Lipinski definition) is 4. The van der Waals surface area contributed by atoms with Crippen LogP contribution < -0.4 is 5.48 Å². The van der Waals surface area contributed by atoms with Crippen molar-refractivity contribution in [3.63, 3.8) is 0 Å². The molecule has 7 heteroatoms. The molecule has 2 heterocycles. The van der Waals surface area contributed by atoms with Gasteiger partial charge in [-0.05, 0) is 60.3 Å². The molecule has 152 valence electrons. The van der Waals surface area contributed by atoms with Crippen molar-refractivity contribution in [3.05, 3.63) is 34.6 Å². The lowest BCUT2D eigenvalue weighted by Gasteiger charge is -2.55. The zero-order valence-corrected chi connectivity index (χ0v) is 16.4. The van der Waals surface area contributed by atoms with Gasteiger partial charge in [0.05, 0.1) is 0 Å². The van der Waals surface area contributed by atoms with Crippen molar-refractivity contribution in [2.75, 3.05) is 19.6 Å². The van der Waals surface area contributed by atoms with Gasteiger partial charge in [0.15, 0.2) is 0 Å². The van der Waals surface area contributed by atoms with Crippen LogP contribution in [0.15, 0.2) is 12.1 Å². The van der Waals surface area contributed by atoms with Crippen LogP contribution in [0.25, 0.3) is 0 Å². The van der Waals surface area contributed by atoms with Gasteiger partial charge in [-0.15, -0.1) is 0 Å². The van der Waals surface area contributed by atoms with Gasteiger partial charge in [0.25, 0.3) is 5.91 Å². The Morgan fingerprint density at radius 1 is 1.29 bits per heavy atom. The van der Waals surface area contributed by atoms with Crippen LogP contribution in [0, 0.1) is 23.6 Å². The third-order valence-corrected chi connectivity index (χ3v) is 7.07. The van der Waals surface area contributed by atoms with E-state index in [9.17, 15) is 14.0 Å². The van der Waals surface area contributed by atoms with E-state index < -0.39 is 5.91 Å². The SMILES string of the molecule is CC[C@H]1Cc2c(F)cc(C(=O)NO)cc2CN1CC1C2CC1CN(C(C)=O)C2. The molecule has 2 N–H and O–H groups in total. The number of piperidine rings is 2. The molecule has 2 fully saturated rings. The number of carbonyl (C=O) groups excluding carboxylic acids is 2. The van der Waals surface area contributed by atoms with E-state index in [0.29, 0.717) is 36.3 Å². The van der Waals surface area contributed by atoms with Gasteiger partial charge in [-0.25, -0.2) is 9.87 Å². The molecular weight excluding hydrogens is 361 g/mol. The molecule has 6 nitrogen and oxygen atoms in total. The summed E-state index contributed by atoms with van der Waals surface area (Å²) >= 11 is 0. The first-order chi connectivity index (χ1) is 13.4. The van der Waals surface area contributed by atoms with Crippen molar-refractivity contribution in [2.45, 2.75) is 45.7 Å². The first-order valence-electron chi connectivity index (χ1n) is 10.2. The summed E-state index contributed by atoms with van der Waals surface area (Å²) < 4.78 is 14.6. The summed E-state index contributed by atoms with van der Waals surface area (Å²) in [7, 11) is 0. The highest BCUT2D eigenvalue weighted by molar-refractivity contribution is 5.93. The maximum absolute atomic E-state index is 14.6. The number of nitrogens with zero attached hydrogens (tertiary/aromatic N) is 2. The second-order valence-electron chi connectivity index (χ2n) is 8.58. The van der Waals surface area contributed by atoms with E-state index in [4.69, 9.17) is 5.21 Å². The zero-order valence-electron chi connectivity index (χ0n) is 16.4. The molecule has 1 aliphatic carbocycles. The molecule has 1 aromatic rings. The second kappa shape index (κ2) is 7.44. The summed E-state index contributed by atoms with van der Waals surface area (Å²) in [5, 5.41) is 8.87. The number of rotatable bonds is 4. The summed E-state index contributed by atoms with van der Waals surface area (Å²) in [6.07, 6.45) is 2.78. The van der Waals surface area contributed by atoms with Gasteiger partial charge in [-0.3, -0.25) is 19.7 Å². The maximum Gasteiger partial charge on any atom is 0.274 e. The lowest BCUT2D eigenvalue weighted by atomic mass is 9.61. The average molecular weight is 389 g/mol. The molecule has 1 aromatic carbocycles. The van der Waals surface area contributed by atoms with Crippen molar-refractivity contribution >= 4 is 11.8 Å². The van der Waals surface area contributed by atoms with Crippen molar-refractivity contribution in [3.8, 4) is 0 Å². The number of amides is 2. The fourth-order valence-electron chi connectivity index (χ4n) is 5.40. The number of halogens is 1. The standard InChI is InChI=1S/C21H28FN3O3/c1-3-17-7-18-14(4-13(6-20(18)22)21(27)23-28)10-25(17)11-19-15-5-16(19)9-24(8-15)12(2)26/h4,6,15-17,19,28H,3,5,7-11H2,1-2H3,(H,23,27)/t15?,16?,17-,19?/m0/s1. The number of likely N-dealkylation sites (tertiary alicyclic amines) is 1. The van der Waals surface area contributed by atoms with E-state index in [2.05, 4.69) is 11.8 Å². The van der Waals surface area contributed by atoms with Gasteiger partial charge in [-0.2, -0.15) is 0 Å². The summed E-state index contributed by atoms with van der Waals surface area (Å²) in [4.78, 5) is 27.8. The predicted molar refractivity (Wildman–Crippen MR) is 101 cm³/mol. The Hall–Kier alpha value is -1.99. The van der Waals surface area contributed by atoms with E-state index >= 15 is 0 Å². The molecule has 3 aliphatic rings. The van der Waals surface area contributed by atoms with Gasteiger partial charge in [-0.1, -0.05) is 6.92 Å². The van der Waals surface area contributed by atoms with Crippen LogP contribution in [0.2, 0.25) is 0 Å². The lowest BCUT2D eigenvalue weighted by Crippen LogP contribution is -2.59. The van der Waals surface area contributed by atoms with Gasteiger partial charge < -0.3 is 4.90 Å². The summed E-state index contributed by atoms with van der Waals surface area (Å²) in [5.41, 5.74) is 3.25. The Balaban J connectivity index is 1.51. The van der Waals surface area contributed by atoms with Crippen LogP contribution in [-0.2, 0) is 17.8 Å². The minimum atomic E-state index is -0.691. The normalized spacial score (nSPS) is 29.1. The molecule has 1 saturated carbocycles. The van der Waals surface area contributed by atoms with Crippen LogP contribution >= 0.6 is 0 Å². The molecule has 4 rings (SSSR count). The number of hydroxylamine groups is 1. The third kappa shape index (κ3) is 3.31. The largest absolute Gasteiger partial charge is 0.342 e. The monoisotopic (exact) mass is 389 g/mol. The van der Waals surface area contributed by atoms with Crippen LogP contribution in [0.5, 0.6) is 0 Å². The smallest absolute Gasteiger partial charge is 0.274 e. The van der Waals surface area contributed by atoms with E-state index in [1.165, 1.54) is 12.5 Å². The number of benzene rings is 1. The van der Waals surface area contributed by atoms with Gasteiger partial charge in [0, 0.05) is 44.7 Å². The minimum Gasteiger partial charge on any atom is -0.342 e. The van der Waals surface area contributed by atoms with E-state index in [1.807, 2.05) is 4.90 Å². The molecule has 2 bridgehead atoms. The minimum absolute atomic E-state index is 0.145. The van der Waals surface area contributed by atoms with Gasteiger partial charge in [0.2, 0.25) is 5.91 Å². The Morgan fingerprint density at radius 2 is 2.00 bits per heavy atom. The Bertz CT molecular complexity index is 787. The lowest BCUT2D eigenvalue weighted by molar-refractivity contribution is -0.141. The highest BCUT2D eigenvalue weighted by Gasteiger charge is 2.48. The molecule has 3 atom stereocenters. The van der Waals surface area contributed by atoms with Gasteiger partial charge in [0.1, 0.15) is 5.82 Å². The van der Waals surface area contributed by atoms with Crippen molar-refractivity contribution in [1.29, 1.82) is 0 Å². The van der Waals surface area contributed by atoms with Crippen LogP contribution in [-0.4, -0.2) is 52.5 Å². The number of nitrogens with one attached hydrogen (secondary N) is 1. The van der Waals surface area contributed by atoms with Crippen LogP contribution in [0.3, 0.4) is 0 Å². The van der Waals surface area contributed by atoms with E-state index in [1.54, 1.807) is 18.5 Å². The zero-order chi connectivity index (χ0) is 20.0. The van der Waals surface area contributed by atoms with Gasteiger partial charge >= 0.3 is 0 Å². The molecule has 1 saturated heterocycles. The van der Waals surface area contributed by atoms with E-state index in [0.717, 1.165) is 31.6 Å². The second-order valence-corrected chi connectivity index (χ2v) is 8.58. The molecule has 0 spiro atoms. The van der Waals surface area contributed by atoms with Crippen molar-refractivity contribution in [1.82, 2.24) is 15.3 Å². The maximum atomic E-state index is 14.6. The predicted octanol–water partition coefficient (Wildman–Crippen LogP) is 2.20. The fraction of sp³-hybridized carbons (Fsp3) is 0.619. The van der Waals surface area contributed by atoms with Crippen molar-refractivity contribution < 1.29 is 19.2 Å². The molecule has 0 aromatic heterocycles. The quantitative estimate of drug-likeness (QED) is 0.612. The molecule has 28 heavy (non-hydrogen) atoms. The average Bonchev–Trinajstić information content (AvgIpc) is 2.70. The molecule has 2 aliphatic heterocycles. The Kier molecular flexibility index (Phi) is 5.14. The summed E-state index contributed by atoms with van der Waals surface area (Å²) in [6, 6.07) is 3.19. The van der Waals surface area contributed by atoms with Crippen LogP contribution in [0.1, 0.15) is 48.2 Å². The molecule has 2 unspecified atom stereocenters. The highest BCUT2D eigenvalue weighted by Crippen LogP contribution is 2.46. The summed E-state index contributed by atoms with van der Waals surface area (Å²) in [5.74, 6) is 0.807. The number of hydrogen-bond donors (Lipinski definition) is 2. The topological polar surface area (TPSA) is 72.9 Å². The third-order valence-electron chi connectivity index (χ3n) is 7.07. The first kappa shape index (κ1) is 19.3. The first-order valence-corrected chi connectivity index (χ1v) is 10.2. The van der Waals surface area contributed by atoms with E-state index in [-0.39, 0.29) is 23.3 Å². The molecule has 0 radical (unpaired) electrons. The number of fused-ring (bicyclic) bond motifs is 3. The number of carbonyl (C=O) groups is 2. The Morgan fingerprint density at radius 3 is 2.61 bits per heavy atom.